The number of hydrogen-bond acceptors (Lipinski definition) is 4. The van der Waals surface area contributed by atoms with Gasteiger partial charge in [0.05, 0.1) is 6.20 Å². The van der Waals surface area contributed by atoms with Gasteiger partial charge in [-0.3, -0.25) is 4.99 Å². The molecule has 17 heavy (non-hydrogen) atoms. The monoisotopic (exact) mass is 253 g/mol. The second kappa shape index (κ2) is 5.58. The molecule has 0 amide bonds. The summed E-state index contributed by atoms with van der Waals surface area (Å²) in [6, 6.07) is 0.491. The number of rotatable bonds is 3. The highest BCUT2D eigenvalue weighted by Gasteiger charge is 2.20. The van der Waals surface area contributed by atoms with Gasteiger partial charge in [-0.1, -0.05) is 25.6 Å². The molecule has 0 saturated carbocycles. The number of aromatic nitrogens is 1. The van der Waals surface area contributed by atoms with Gasteiger partial charge >= 0.3 is 0 Å². The molecule has 1 saturated heterocycles. The lowest BCUT2D eigenvalue weighted by Crippen LogP contribution is -2.41. The second-order valence-corrected chi connectivity index (χ2v) is 5.43. The van der Waals surface area contributed by atoms with Crippen molar-refractivity contribution in [2.45, 2.75) is 39.8 Å². The maximum absolute atomic E-state index is 5.52. The third-order valence-electron chi connectivity index (χ3n) is 3.00. The summed E-state index contributed by atoms with van der Waals surface area (Å²) >= 11 is 1.78. The van der Waals surface area contributed by atoms with Crippen molar-refractivity contribution >= 4 is 16.9 Å². The molecule has 1 aromatic rings. The molecule has 5 heteroatoms. The Hall–Kier alpha value is -0.970. The predicted octanol–water partition coefficient (Wildman–Crippen LogP) is 2.45. The maximum atomic E-state index is 5.52. The highest BCUT2D eigenvalue weighted by atomic mass is 32.2. The lowest BCUT2D eigenvalue weighted by atomic mass is 10.1. The summed E-state index contributed by atoms with van der Waals surface area (Å²) in [5, 5.41) is 4.41. The van der Waals surface area contributed by atoms with E-state index in [0.29, 0.717) is 24.4 Å². The van der Waals surface area contributed by atoms with Crippen LogP contribution in [0.25, 0.3) is 0 Å². The lowest BCUT2D eigenvalue weighted by Gasteiger charge is -2.28. The Morgan fingerprint density at radius 1 is 1.59 bits per heavy atom. The molecule has 0 aliphatic carbocycles. The van der Waals surface area contributed by atoms with Crippen LogP contribution >= 0.6 is 11.8 Å². The normalized spacial score (nSPS) is 27.1. The number of amidine groups is 1. The number of aliphatic imine (C=N–C) groups is 1. The zero-order valence-electron chi connectivity index (χ0n) is 10.6. The number of nitrogens with one attached hydrogen (secondary N) is 1. The summed E-state index contributed by atoms with van der Waals surface area (Å²) < 4.78 is 5.52. The van der Waals surface area contributed by atoms with E-state index in [-0.39, 0.29) is 0 Å². The summed E-state index contributed by atoms with van der Waals surface area (Å²) in [6.07, 6.45) is 2.66. The van der Waals surface area contributed by atoms with Crippen LogP contribution in [0.15, 0.2) is 15.6 Å². The van der Waals surface area contributed by atoms with Crippen LogP contribution in [0, 0.1) is 5.92 Å². The van der Waals surface area contributed by atoms with Crippen molar-refractivity contribution < 1.29 is 4.42 Å². The third-order valence-corrected chi connectivity index (χ3v) is 4.21. The minimum absolute atomic E-state index is 0.491. The number of hydrogen-bond donors (Lipinski definition) is 1. The van der Waals surface area contributed by atoms with Crippen LogP contribution in [0.1, 0.15) is 32.4 Å². The van der Waals surface area contributed by atoms with E-state index in [2.05, 4.69) is 36.1 Å². The number of thioether (sulfide) groups is 1. The highest BCUT2D eigenvalue weighted by Crippen LogP contribution is 2.19. The fourth-order valence-electron chi connectivity index (χ4n) is 1.55. The van der Waals surface area contributed by atoms with Crippen molar-refractivity contribution in [1.29, 1.82) is 0 Å². The molecule has 2 heterocycles. The first-order chi connectivity index (χ1) is 8.19. The van der Waals surface area contributed by atoms with Crippen LogP contribution in [0.3, 0.4) is 0 Å². The minimum Gasteiger partial charge on any atom is -0.444 e. The molecular weight excluding hydrogens is 234 g/mol. The Morgan fingerprint density at radius 3 is 3.06 bits per heavy atom. The van der Waals surface area contributed by atoms with Crippen LogP contribution in [0.4, 0.5) is 0 Å². The molecule has 2 unspecified atom stereocenters. The SMILES string of the molecule is CCc1cnc(CN=C2NC(C)C(C)CS2)o1. The van der Waals surface area contributed by atoms with Gasteiger partial charge in [-0.25, -0.2) is 4.98 Å². The molecule has 2 rings (SSSR count). The first-order valence-corrected chi connectivity index (χ1v) is 7.05. The van der Waals surface area contributed by atoms with Gasteiger partial charge in [0.25, 0.3) is 0 Å². The van der Waals surface area contributed by atoms with Crippen molar-refractivity contribution in [2.75, 3.05) is 5.75 Å². The van der Waals surface area contributed by atoms with E-state index in [1.807, 2.05) is 0 Å². The van der Waals surface area contributed by atoms with E-state index in [1.54, 1.807) is 18.0 Å². The average Bonchev–Trinajstić information content (AvgIpc) is 2.79. The van der Waals surface area contributed by atoms with E-state index >= 15 is 0 Å². The van der Waals surface area contributed by atoms with Gasteiger partial charge in [0, 0.05) is 18.2 Å². The molecule has 1 aliphatic heterocycles. The molecule has 0 aromatic carbocycles. The standard InChI is InChI=1S/C12H19N3OS/c1-4-10-5-13-11(16-10)6-14-12-15-9(3)8(2)7-17-12/h5,8-9H,4,6-7H2,1-3H3,(H,14,15). The fraction of sp³-hybridized carbons (Fsp3) is 0.667. The predicted molar refractivity (Wildman–Crippen MR) is 71.2 cm³/mol. The van der Waals surface area contributed by atoms with Crippen LogP contribution in [-0.2, 0) is 13.0 Å². The Labute approximate surface area is 106 Å². The van der Waals surface area contributed by atoms with Gasteiger partial charge < -0.3 is 9.73 Å². The van der Waals surface area contributed by atoms with Gasteiger partial charge in [0.1, 0.15) is 12.3 Å². The van der Waals surface area contributed by atoms with Gasteiger partial charge in [0.2, 0.25) is 5.89 Å². The molecule has 1 aliphatic rings. The second-order valence-electron chi connectivity index (χ2n) is 4.42. The molecule has 1 N–H and O–H groups in total. The van der Waals surface area contributed by atoms with Crippen LogP contribution in [0.5, 0.6) is 0 Å². The number of nitrogens with zero attached hydrogens (tertiary/aromatic N) is 2. The summed E-state index contributed by atoms with van der Waals surface area (Å²) in [6.45, 7) is 7.03. The van der Waals surface area contributed by atoms with Crippen molar-refractivity contribution in [3.05, 3.63) is 17.8 Å². The van der Waals surface area contributed by atoms with E-state index < -0.39 is 0 Å². The van der Waals surface area contributed by atoms with Crippen molar-refractivity contribution in [1.82, 2.24) is 10.3 Å². The Balaban J connectivity index is 1.92. The average molecular weight is 253 g/mol. The molecular formula is C12H19N3OS. The summed E-state index contributed by atoms with van der Waals surface area (Å²) in [5.74, 6) is 3.43. The van der Waals surface area contributed by atoms with E-state index in [0.717, 1.165) is 23.1 Å². The van der Waals surface area contributed by atoms with Crippen molar-refractivity contribution in [3.8, 4) is 0 Å². The topological polar surface area (TPSA) is 50.4 Å². The Morgan fingerprint density at radius 2 is 2.41 bits per heavy atom. The summed E-state index contributed by atoms with van der Waals surface area (Å²) in [4.78, 5) is 8.69. The molecule has 4 nitrogen and oxygen atoms in total. The Bertz CT molecular complexity index is 402. The smallest absolute Gasteiger partial charge is 0.216 e. The zero-order valence-corrected chi connectivity index (χ0v) is 11.4. The maximum Gasteiger partial charge on any atom is 0.216 e. The van der Waals surface area contributed by atoms with Gasteiger partial charge in [-0.2, -0.15) is 0 Å². The third kappa shape index (κ3) is 3.25. The van der Waals surface area contributed by atoms with Gasteiger partial charge in [0.15, 0.2) is 5.17 Å². The molecule has 0 bridgehead atoms. The van der Waals surface area contributed by atoms with Crippen LogP contribution in [-0.4, -0.2) is 21.9 Å². The van der Waals surface area contributed by atoms with Crippen molar-refractivity contribution in [3.63, 3.8) is 0 Å². The quantitative estimate of drug-likeness (QED) is 0.899. The first kappa shape index (κ1) is 12.5. The first-order valence-electron chi connectivity index (χ1n) is 6.06. The van der Waals surface area contributed by atoms with Crippen LogP contribution < -0.4 is 5.32 Å². The van der Waals surface area contributed by atoms with Gasteiger partial charge in [-0.15, -0.1) is 0 Å². The molecule has 0 radical (unpaired) electrons. The lowest BCUT2D eigenvalue weighted by molar-refractivity contribution is 0.459. The molecule has 1 fully saturated rings. The van der Waals surface area contributed by atoms with Crippen LogP contribution in [0.2, 0.25) is 0 Å². The minimum atomic E-state index is 0.491. The Kier molecular flexibility index (Phi) is 4.10. The summed E-state index contributed by atoms with van der Waals surface area (Å²) in [5.41, 5.74) is 0. The molecule has 94 valence electrons. The number of oxazole rings is 1. The molecule has 2 atom stereocenters. The fourth-order valence-corrected chi connectivity index (χ4v) is 2.68. The van der Waals surface area contributed by atoms with E-state index in [4.69, 9.17) is 4.42 Å². The highest BCUT2D eigenvalue weighted by molar-refractivity contribution is 8.13. The zero-order chi connectivity index (χ0) is 12.3. The summed E-state index contributed by atoms with van der Waals surface area (Å²) in [7, 11) is 0. The van der Waals surface area contributed by atoms with E-state index in [1.165, 1.54) is 0 Å². The van der Waals surface area contributed by atoms with Gasteiger partial charge in [-0.05, 0) is 12.8 Å². The molecule has 1 aromatic heterocycles. The molecule has 0 spiro atoms. The van der Waals surface area contributed by atoms with Crippen molar-refractivity contribution in [2.24, 2.45) is 10.9 Å². The largest absolute Gasteiger partial charge is 0.444 e. The van der Waals surface area contributed by atoms with E-state index in [9.17, 15) is 0 Å². The number of aryl methyl sites for hydroxylation is 1.